The highest BCUT2D eigenvalue weighted by atomic mass is 16.4. The number of nitrogens with one attached hydrogen (secondary N) is 1. The number of allylic oxidation sites excluding steroid dienone is 2. The molecule has 0 amide bonds. The van der Waals surface area contributed by atoms with E-state index in [-0.39, 0.29) is 5.92 Å². The summed E-state index contributed by atoms with van der Waals surface area (Å²) in [5, 5.41) is 12.6. The van der Waals surface area contributed by atoms with E-state index in [1.54, 1.807) is 0 Å². The molecule has 3 unspecified atom stereocenters. The quantitative estimate of drug-likeness (QED) is 0.813. The molecule has 0 aromatic heterocycles. The largest absolute Gasteiger partial charge is 0.480 e. The summed E-state index contributed by atoms with van der Waals surface area (Å²) in [6.07, 6.45) is 4.03. The molecule has 1 aliphatic carbocycles. The first kappa shape index (κ1) is 13.7. The van der Waals surface area contributed by atoms with Crippen molar-refractivity contribution in [2.24, 2.45) is 11.8 Å². The van der Waals surface area contributed by atoms with E-state index in [1.165, 1.54) is 5.57 Å². The second-order valence-corrected chi connectivity index (χ2v) is 5.52. The summed E-state index contributed by atoms with van der Waals surface area (Å²) in [7, 11) is 0. The predicted molar refractivity (Wildman–Crippen MR) is 77.1 cm³/mol. The van der Waals surface area contributed by atoms with Crippen LogP contribution in [0.15, 0.2) is 42.0 Å². The fourth-order valence-corrected chi connectivity index (χ4v) is 2.95. The number of benzene rings is 1. The molecule has 0 fully saturated rings. The lowest BCUT2D eigenvalue weighted by Gasteiger charge is -2.31. The summed E-state index contributed by atoms with van der Waals surface area (Å²) in [6.45, 7) is 4.24. The van der Waals surface area contributed by atoms with Crippen LogP contribution in [0.4, 0.5) is 5.69 Å². The summed E-state index contributed by atoms with van der Waals surface area (Å²) < 4.78 is 0. The average molecular weight is 259 g/mol. The van der Waals surface area contributed by atoms with E-state index >= 15 is 0 Å². The minimum Gasteiger partial charge on any atom is -0.480 e. The molecular formula is C16H21NO2. The highest BCUT2D eigenvalue weighted by Gasteiger charge is 2.31. The number of rotatable bonds is 4. The normalized spacial score (nSPS) is 24.4. The Morgan fingerprint density at radius 2 is 2.05 bits per heavy atom. The van der Waals surface area contributed by atoms with Crippen LogP contribution in [0.5, 0.6) is 0 Å². The van der Waals surface area contributed by atoms with Gasteiger partial charge in [0.25, 0.3) is 0 Å². The van der Waals surface area contributed by atoms with Crippen molar-refractivity contribution in [3.63, 3.8) is 0 Å². The molecule has 1 aromatic rings. The molecule has 1 aromatic carbocycles. The zero-order valence-electron chi connectivity index (χ0n) is 11.5. The molecule has 3 atom stereocenters. The van der Waals surface area contributed by atoms with Crippen molar-refractivity contribution < 1.29 is 9.90 Å². The molecule has 3 heteroatoms. The minimum atomic E-state index is -0.768. The van der Waals surface area contributed by atoms with Crippen LogP contribution in [0.25, 0.3) is 0 Å². The van der Waals surface area contributed by atoms with Crippen LogP contribution in [0, 0.1) is 11.8 Å². The molecule has 2 N–H and O–H groups in total. The number of carboxylic acid groups (broad SMARTS) is 1. The maximum absolute atomic E-state index is 11.5. The second kappa shape index (κ2) is 5.91. The Bertz CT molecular complexity index is 467. The lowest BCUT2D eigenvalue weighted by molar-refractivity contribution is -0.139. The van der Waals surface area contributed by atoms with E-state index in [4.69, 9.17) is 0 Å². The second-order valence-electron chi connectivity index (χ2n) is 5.52. The van der Waals surface area contributed by atoms with Crippen molar-refractivity contribution in [3.05, 3.63) is 42.0 Å². The standard InChI is InChI=1S/C16H21NO2/c1-11-8-12(2)10-13(9-11)15(16(18)19)17-14-6-4-3-5-7-14/h3-8,11,13,15,17H,9-10H2,1-2H3,(H,18,19). The first-order valence-corrected chi connectivity index (χ1v) is 6.78. The van der Waals surface area contributed by atoms with E-state index in [0.29, 0.717) is 5.92 Å². The van der Waals surface area contributed by atoms with Crippen molar-refractivity contribution in [1.29, 1.82) is 0 Å². The van der Waals surface area contributed by atoms with Crippen molar-refractivity contribution in [2.45, 2.75) is 32.7 Å². The van der Waals surface area contributed by atoms with E-state index in [9.17, 15) is 9.90 Å². The summed E-state index contributed by atoms with van der Waals surface area (Å²) >= 11 is 0. The van der Waals surface area contributed by atoms with Crippen LogP contribution >= 0.6 is 0 Å². The number of para-hydroxylation sites is 1. The van der Waals surface area contributed by atoms with E-state index in [0.717, 1.165) is 18.5 Å². The number of carbonyl (C=O) groups is 1. The SMILES string of the molecule is CC1=CC(C)CC(C(Nc2ccccc2)C(=O)O)C1. The third kappa shape index (κ3) is 3.60. The van der Waals surface area contributed by atoms with Crippen LogP contribution in [0.3, 0.4) is 0 Å². The molecule has 0 aliphatic heterocycles. The summed E-state index contributed by atoms with van der Waals surface area (Å²) in [5.41, 5.74) is 2.17. The maximum Gasteiger partial charge on any atom is 0.326 e. The Morgan fingerprint density at radius 3 is 2.63 bits per heavy atom. The molecule has 0 radical (unpaired) electrons. The van der Waals surface area contributed by atoms with Gasteiger partial charge in [-0.15, -0.1) is 0 Å². The van der Waals surface area contributed by atoms with Gasteiger partial charge in [-0.05, 0) is 43.7 Å². The highest BCUT2D eigenvalue weighted by molar-refractivity contribution is 5.77. The Labute approximate surface area is 114 Å². The van der Waals surface area contributed by atoms with Crippen molar-refractivity contribution in [2.75, 3.05) is 5.32 Å². The van der Waals surface area contributed by atoms with Gasteiger partial charge in [-0.3, -0.25) is 0 Å². The highest BCUT2D eigenvalue weighted by Crippen LogP contribution is 2.31. The summed E-state index contributed by atoms with van der Waals surface area (Å²) in [5.74, 6) is -0.161. The third-order valence-corrected chi connectivity index (χ3v) is 3.66. The Balaban J connectivity index is 2.13. The first-order chi connectivity index (χ1) is 9.06. The van der Waals surface area contributed by atoms with E-state index in [2.05, 4.69) is 25.2 Å². The molecule has 1 aliphatic rings. The van der Waals surface area contributed by atoms with Gasteiger partial charge in [0, 0.05) is 5.69 Å². The molecule has 0 saturated heterocycles. The lowest BCUT2D eigenvalue weighted by atomic mass is 9.79. The number of anilines is 1. The van der Waals surface area contributed by atoms with Crippen LogP contribution < -0.4 is 5.32 Å². The number of hydrogen-bond donors (Lipinski definition) is 2. The maximum atomic E-state index is 11.5. The molecule has 19 heavy (non-hydrogen) atoms. The van der Waals surface area contributed by atoms with Gasteiger partial charge in [-0.1, -0.05) is 36.8 Å². The molecule has 2 rings (SSSR count). The molecule has 0 spiro atoms. The van der Waals surface area contributed by atoms with E-state index in [1.807, 2.05) is 30.3 Å². The molecule has 3 nitrogen and oxygen atoms in total. The van der Waals surface area contributed by atoms with Crippen LogP contribution in [-0.2, 0) is 4.79 Å². The zero-order valence-corrected chi connectivity index (χ0v) is 11.5. The van der Waals surface area contributed by atoms with Crippen LogP contribution in [0.1, 0.15) is 26.7 Å². The van der Waals surface area contributed by atoms with Crippen LogP contribution in [0.2, 0.25) is 0 Å². The summed E-state index contributed by atoms with van der Waals surface area (Å²) in [6, 6.07) is 9.05. The van der Waals surface area contributed by atoms with Gasteiger partial charge < -0.3 is 10.4 Å². The van der Waals surface area contributed by atoms with Gasteiger partial charge in [0.05, 0.1) is 0 Å². The lowest BCUT2D eigenvalue weighted by Crippen LogP contribution is -2.38. The molecule has 0 bridgehead atoms. The number of carboxylic acids is 1. The topological polar surface area (TPSA) is 49.3 Å². The Morgan fingerprint density at radius 1 is 1.37 bits per heavy atom. The molecular weight excluding hydrogens is 238 g/mol. The molecule has 102 valence electrons. The van der Waals surface area contributed by atoms with Gasteiger partial charge in [-0.2, -0.15) is 0 Å². The number of hydrogen-bond acceptors (Lipinski definition) is 2. The minimum absolute atomic E-state index is 0.151. The van der Waals surface area contributed by atoms with E-state index < -0.39 is 12.0 Å². The smallest absolute Gasteiger partial charge is 0.326 e. The van der Waals surface area contributed by atoms with Gasteiger partial charge in [0.2, 0.25) is 0 Å². The predicted octanol–water partition coefficient (Wildman–Crippen LogP) is 3.54. The third-order valence-electron chi connectivity index (χ3n) is 3.66. The van der Waals surface area contributed by atoms with Crippen molar-refractivity contribution in [3.8, 4) is 0 Å². The molecule has 0 saturated carbocycles. The fourth-order valence-electron chi connectivity index (χ4n) is 2.95. The van der Waals surface area contributed by atoms with Crippen molar-refractivity contribution >= 4 is 11.7 Å². The first-order valence-electron chi connectivity index (χ1n) is 6.78. The zero-order chi connectivity index (χ0) is 13.8. The van der Waals surface area contributed by atoms with Crippen molar-refractivity contribution in [1.82, 2.24) is 0 Å². The van der Waals surface area contributed by atoms with Gasteiger partial charge in [0.1, 0.15) is 6.04 Å². The monoisotopic (exact) mass is 259 g/mol. The average Bonchev–Trinajstić information content (AvgIpc) is 2.35. The van der Waals surface area contributed by atoms with Gasteiger partial charge in [0.15, 0.2) is 0 Å². The Hall–Kier alpha value is -1.77. The molecule has 0 heterocycles. The van der Waals surface area contributed by atoms with Gasteiger partial charge >= 0.3 is 5.97 Å². The van der Waals surface area contributed by atoms with Crippen LogP contribution in [-0.4, -0.2) is 17.1 Å². The number of aliphatic carboxylic acids is 1. The summed E-state index contributed by atoms with van der Waals surface area (Å²) in [4.78, 5) is 11.5. The fraction of sp³-hybridized carbons (Fsp3) is 0.438. The van der Waals surface area contributed by atoms with Gasteiger partial charge in [-0.25, -0.2) is 4.79 Å². The Kier molecular flexibility index (Phi) is 4.25.